The fourth-order valence-corrected chi connectivity index (χ4v) is 1.50. The molecule has 0 saturated carbocycles. The molecule has 1 aromatic heterocycles. The van der Waals surface area contributed by atoms with Gasteiger partial charge >= 0.3 is 0 Å². The molecule has 3 nitrogen and oxygen atoms in total. The van der Waals surface area contributed by atoms with Crippen molar-refractivity contribution in [1.82, 2.24) is 9.88 Å². The molecule has 0 saturated heterocycles. The van der Waals surface area contributed by atoms with Crippen LogP contribution in [0.5, 0.6) is 0 Å². The van der Waals surface area contributed by atoms with Crippen molar-refractivity contribution in [2.75, 3.05) is 33.9 Å². The van der Waals surface area contributed by atoms with E-state index in [0.717, 1.165) is 26.2 Å². The van der Waals surface area contributed by atoms with E-state index >= 15 is 0 Å². The van der Waals surface area contributed by atoms with Gasteiger partial charge in [0.1, 0.15) is 0 Å². The minimum Gasteiger partial charge on any atom is -0.380 e. The van der Waals surface area contributed by atoms with Crippen LogP contribution in [-0.4, -0.2) is 43.7 Å². The van der Waals surface area contributed by atoms with Gasteiger partial charge in [-0.15, -0.1) is 0 Å². The van der Waals surface area contributed by atoms with E-state index in [4.69, 9.17) is 4.74 Å². The molecule has 3 heteroatoms. The van der Waals surface area contributed by atoms with Gasteiger partial charge in [-0.3, -0.25) is 4.98 Å². The van der Waals surface area contributed by atoms with E-state index in [1.807, 2.05) is 24.3 Å². The largest absolute Gasteiger partial charge is 0.380 e. The van der Waals surface area contributed by atoms with Gasteiger partial charge in [-0.05, 0) is 38.2 Å². The van der Waals surface area contributed by atoms with Crippen molar-refractivity contribution in [1.29, 1.82) is 0 Å². The minimum absolute atomic E-state index is 0.817. The molecular weight excluding hydrogens is 248 g/mol. The van der Waals surface area contributed by atoms with Crippen molar-refractivity contribution < 1.29 is 4.74 Å². The molecule has 0 fully saturated rings. The Morgan fingerprint density at radius 1 is 0.900 bits per heavy atom. The predicted molar refractivity (Wildman–Crippen MR) is 83.8 cm³/mol. The zero-order valence-electron chi connectivity index (χ0n) is 12.4. The number of hydrogen-bond donors (Lipinski definition) is 0. The van der Waals surface area contributed by atoms with E-state index in [-0.39, 0.29) is 0 Å². The molecule has 0 radical (unpaired) electrons. The molecule has 108 valence electrons. The fourth-order valence-electron chi connectivity index (χ4n) is 1.50. The molecule has 2 rings (SSSR count). The Morgan fingerprint density at radius 2 is 1.55 bits per heavy atom. The lowest BCUT2D eigenvalue weighted by atomic mass is 10.2. The molecule has 0 atom stereocenters. The molecule has 1 aromatic carbocycles. The van der Waals surface area contributed by atoms with Crippen LogP contribution in [0, 0.1) is 0 Å². The van der Waals surface area contributed by atoms with Crippen LogP contribution in [0.2, 0.25) is 0 Å². The van der Waals surface area contributed by atoms with Crippen molar-refractivity contribution >= 4 is 0 Å². The van der Waals surface area contributed by atoms with Gasteiger partial charge in [-0.2, -0.15) is 0 Å². The summed E-state index contributed by atoms with van der Waals surface area (Å²) < 4.78 is 5.51. The van der Waals surface area contributed by atoms with Gasteiger partial charge in [0.15, 0.2) is 0 Å². The first-order chi connectivity index (χ1) is 9.79. The Morgan fingerprint density at radius 3 is 2.05 bits per heavy atom. The molecule has 2 aromatic rings. The Balaban J connectivity index is 0.000000276. The summed E-state index contributed by atoms with van der Waals surface area (Å²) in [4.78, 5) is 5.91. The first kappa shape index (κ1) is 16.3. The summed E-state index contributed by atoms with van der Waals surface area (Å²) in [7, 11) is 4.11. The summed E-state index contributed by atoms with van der Waals surface area (Å²) in [5, 5.41) is 0. The molecule has 0 bridgehead atoms. The maximum absolute atomic E-state index is 5.51. The Kier molecular flexibility index (Phi) is 9.11. The number of aromatic nitrogens is 1. The summed E-state index contributed by atoms with van der Waals surface area (Å²) in [5.74, 6) is 0. The highest BCUT2D eigenvalue weighted by atomic mass is 16.5. The highest BCUT2D eigenvalue weighted by Gasteiger charge is 1.93. The molecule has 0 aliphatic rings. The van der Waals surface area contributed by atoms with Crippen LogP contribution in [0.4, 0.5) is 0 Å². The average Bonchev–Trinajstić information content (AvgIpc) is 2.50. The first-order valence-corrected chi connectivity index (χ1v) is 6.90. The Hall–Kier alpha value is -1.71. The number of likely N-dealkylation sites (N-methyl/N-ethyl adjacent to an activating group) is 1. The van der Waals surface area contributed by atoms with Crippen LogP contribution in [0.25, 0.3) is 0 Å². The van der Waals surface area contributed by atoms with E-state index in [1.54, 1.807) is 12.4 Å². The lowest BCUT2D eigenvalue weighted by molar-refractivity contribution is 0.120. The van der Waals surface area contributed by atoms with Crippen LogP contribution < -0.4 is 0 Å². The molecule has 0 unspecified atom stereocenters. The number of rotatable bonds is 6. The van der Waals surface area contributed by atoms with Gasteiger partial charge in [-0.1, -0.05) is 36.4 Å². The molecular formula is C17H24N2O. The zero-order chi connectivity index (χ0) is 14.5. The molecule has 0 aliphatic carbocycles. The topological polar surface area (TPSA) is 25.4 Å². The smallest absolute Gasteiger partial charge is 0.0593 e. The van der Waals surface area contributed by atoms with E-state index in [0.29, 0.717) is 0 Å². The van der Waals surface area contributed by atoms with Crippen LogP contribution >= 0.6 is 0 Å². The second-order valence-corrected chi connectivity index (χ2v) is 4.68. The summed E-state index contributed by atoms with van der Waals surface area (Å²) in [6, 6.07) is 16.2. The monoisotopic (exact) mass is 272 g/mol. The van der Waals surface area contributed by atoms with Crippen molar-refractivity contribution in [2.24, 2.45) is 0 Å². The predicted octanol–water partition coefficient (Wildman–Crippen LogP) is 2.89. The Bertz CT molecular complexity index is 391. The summed E-state index contributed by atoms with van der Waals surface area (Å²) >= 11 is 0. The second kappa shape index (κ2) is 11.1. The van der Waals surface area contributed by atoms with Crippen molar-refractivity contribution in [3.63, 3.8) is 0 Å². The summed E-state index contributed by atoms with van der Waals surface area (Å²) in [6.45, 7) is 2.63. The highest BCUT2D eigenvalue weighted by Crippen LogP contribution is 1.99. The third-order valence-electron chi connectivity index (χ3n) is 2.63. The van der Waals surface area contributed by atoms with Gasteiger partial charge < -0.3 is 9.64 Å². The number of ether oxygens (including phenoxy) is 1. The van der Waals surface area contributed by atoms with Crippen LogP contribution in [-0.2, 0) is 11.2 Å². The van der Waals surface area contributed by atoms with Gasteiger partial charge in [0.2, 0.25) is 0 Å². The van der Waals surface area contributed by atoms with Crippen molar-refractivity contribution in [3.8, 4) is 0 Å². The van der Waals surface area contributed by atoms with Crippen molar-refractivity contribution in [3.05, 3.63) is 66.5 Å². The van der Waals surface area contributed by atoms with Gasteiger partial charge in [0.05, 0.1) is 13.2 Å². The van der Waals surface area contributed by atoms with Crippen molar-refractivity contribution in [2.45, 2.75) is 6.42 Å². The normalized spacial score (nSPS) is 9.95. The number of hydrogen-bond acceptors (Lipinski definition) is 3. The molecule has 1 heterocycles. The lowest BCUT2D eigenvalue weighted by Gasteiger charge is -2.09. The number of benzene rings is 1. The van der Waals surface area contributed by atoms with Crippen LogP contribution in [0.1, 0.15) is 5.56 Å². The quantitative estimate of drug-likeness (QED) is 0.756. The number of nitrogens with zero attached hydrogens (tertiary/aromatic N) is 2. The van der Waals surface area contributed by atoms with Crippen LogP contribution in [0.15, 0.2) is 60.9 Å². The van der Waals surface area contributed by atoms with E-state index in [9.17, 15) is 0 Å². The van der Waals surface area contributed by atoms with E-state index in [2.05, 4.69) is 48.2 Å². The molecule has 0 amide bonds. The Labute approximate surface area is 122 Å². The second-order valence-electron chi connectivity index (χ2n) is 4.68. The zero-order valence-corrected chi connectivity index (χ0v) is 12.4. The van der Waals surface area contributed by atoms with E-state index < -0.39 is 0 Å². The molecule has 0 N–H and O–H groups in total. The van der Waals surface area contributed by atoms with Gasteiger partial charge in [-0.25, -0.2) is 0 Å². The average molecular weight is 272 g/mol. The van der Waals surface area contributed by atoms with Gasteiger partial charge in [0, 0.05) is 18.9 Å². The number of pyridine rings is 1. The fraction of sp³-hybridized carbons (Fsp3) is 0.353. The molecule has 20 heavy (non-hydrogen) atoms. The third-order valence-corrected chi connectivity index (χ3v) is 2.63. The first-order valence-electron chi connectivity index (χ1n) is 6.90. The standard InChI is InChI=1S/C12H19NO.C5H5N/c1-13(2)9-11-14-10-8-12-6-4-3-5-7-12;1-2-4-6-5-3-1/h3-7H,8-11H2,1-2H3;1-5H. The maximum Gasteiger partial charge on any atom is 0.0593 e. The SMILES string of the molecule is CN(C)CCOCCc1ccccc1.c1ccncc1. The molecule has 0 spiro atoms. The van der Waals surface area contributed by atoms with Crippen LogP contribution in [0.3, 0.4) is 0 Å². The third kappa shape index (κ3) is 9.25. The summed E-state index contributed by atoms with van der Waals surface area (Å²) in [6.07, 6.45) is 4.51. The maximum atomic E-state index is 5.51. The summed E-state index contributed by atoms with van der Waals surface area (Å²) in [5.41, 5.74) is 1.34. The highest BCUT2D eigenvalue weighted by molar-refractivity contribution is 5.14. The minimum atomic E-state index is 0.817. The molecule has 0 aliphatic heterocycles. The van der Waals surface area contributed by atoms with E-state index in [1.165, 1.54) is 5.56 Å². The lowest BCUT2D eigenvalue weighted by Crippen LogP contribution is -2.18. The van der Waals surface area contributed by atoms with Gasteiger partial charge in [0.25, 0.3) is 0 Å².